The number of rotatable bonds is 17. The van der Waals surface area contributed by atoms with Crippen molar-refractivity contribution in [3.63, 3.8) is 0 Å². The van der Waals surface area contributed by atoms with E-state index in [1.807, 2.05) is 57.4 Å². The highest BCUT2D eigenvalue weighted by Gasteiger charge is 2.28. The van der Waals surface area contributed by atoms with Crippen molar-refractivity contribution in [2.45, 2.75) is 43.1 Å². The Labute approximate surface area is 428 Å². The third-order valence-electron chi connectivity index (χ3n) is 11.2. The molecule has 2 N–H and O–H groups in total. The van der Waals surface area contributed by atoms with Gasteiger partial charge in [-0.1, -0.05) is 41.4 Å². The normalized spacial score (nSPS) is 13.3. The summed E-state index contributed by atoms with van der Waals surface area (Å²) in [6.45, 7) is 5.44. The largest absolute Gasteiger partial charge is 0.489 e. The molecule has 4 aromatic heterocycles. The third kappa shape index (κ3) is 11.6. The minimum Gasteiger partial charge on any atom is -0.489 e. The predicted molar refractivity (Wildman–Crippen MR) is 273 cm³/mol. The zero-order valence-electron chi connectivity index (χ0n) is 38.1. The molecule has 0 bridgehead atoms. The van der Waals surface area contributed by atoms with Crippen LogP contribution in [0.5, 0.6) is 11.5 Å². The maximum Gasteiger partial charge on any atom is 0.237 e. The van der Waals surface area contributed by atoms with Gasteiger partial charge in [-0.05, 0) is 85.5 Å². The molecule has 8 aromatic rings. The van der Waals surface area contributed by atoms with Gasteiger partial charge in [0.05, 0.1) is 79.4 Å². The van der Waals surface area contributed by atoms with E-state index in [9.17, 15) is 27.4 Å². The SMILES string of the molecule is CC(c1cc(Cl)c(OCC(Cl)C(Cl)COc2c(Cl)cc(C(C)(C)n3cc(-c4ccc5nc(NS(C)(=O)=O)ncc5c4)cn3)cc2C#N)c(C#N)c1)n1cc(-c2ccc3cnc(NS(C)(=O)=O)nc3c2)cn1. The molecule has 0 spiro atoms. The molecule has 4 aromatic carbocycles. The number of nitriles is 2. The summed E-state index contributed by atoms with van der Waals surface area (Å²) < 4.78 is 66.7. The lowest BCUT2D eigenvalue weighted by molar-refractivity contribution is 0.272. The molecule has 0 saturated carbocycles. The zero-order chi connectivity index (χ0) is 51.0. The lowest BCUT2D eigenvalue weighted by Gasteiger charge is -2.27. The van der Waals surface area contributed by atoms with Gasteiger partial charge in [0.2, 0.25) is 31.9 Å². The van der Waals surface area contributed by atoms with Crippen LogP contribution in [0.1, 0.15) is 49.1 Å². The Morgan fingerprint density at radius 3 is 1.86 bits per heavy atom. The average Bonchev–Trinajstić information content (AvgIpc) is 4.03. The number of aromatic nitrogens is 8. The van der Waals surface area contributed by atoms with Gasteiger partial charge in [-0.2, -0.15) is 20.7 Å². The molecule has 0 amide bonds. The number of halogens is 4. The molecule has 18 nitrogen and oxygen atoms in total. The monoisotopic (exact) mass is 1070 g/mol. The van der Waals surface area contributed by atoms with Crippen LogP contribution in [0.4, 0.5) is 11.9 Å². The molecule has 8 rings (SSSR count). The molecule has 364 valence electrons. The minimum atomic E-state index is -3.56. The second kappa shape index (κ2) is 20.1. The van der Waals surface area contributed by atoms with Crippen LogP contribution in [0.15, 0.2) is 97.8 Å². The van der Waals surface area contributed by atoms with E-state index in [2.05, 4.69) is 51.7 Å². The van der Waals surface area contributed by atoms with Crippen molar-refractivity contribution in [1.29, 1.82) is 10.5 Å². The zero-order valence-corrected chi connectivity index (χ0v) is 42.8. The number of sulfonamides is 2. The van der Waals surface area contributed by atoms with Crippen LogP contribution in [0.2, 0.25) is 10.0 Å². The molecule has 0 saturated heterocycles. The predicted octanol–water partition coefficient (Wildman–Crippen LogP) is 9.16. The average molecular weight is 1070 g/mol. The van der Waals surface area contributed by atoms with E-state index >= 15 is 0 Å². The Morgan fingerprint density at radius 2 is 1.23 bits per heavy atom. The smallest absolute Gasteiger partial charge is 0.237 e. The van der Waals surface area contributed by atoms with E-state index in [1.165, 1.54) is 12.4 Å². The molecular weight excluding hydrogens is 1030 g/mol. The number of nitrogens with zero attached hydrogens (tertiary/aromatic N) is 10. The highest BCUT2D eigenvalue weighted by atomic mass is 35.5. The number of nitrogens with one attached hydrogen (secondary N) is 2. The molecule has 0 radical (unpaired) electrons. The van der Waals surface area contributed by atoms with Crippen LogP contribution in [0.3, 0.4) is 0 Å². The van der Waals surface area contributed by atoms with Crippen molar-refractivity contribution in [3.05, 3.63) is 130 Å². The van der Waals surface area contributed by atoms with Gasteiger partial charge in [-0.15, -0.1) is 23.2 Å². The van der Waals surface area contributed by atoms with Crippen LogP contribution >= 0.6 is 46.4 Å². The van der Waals surface area contributed by atoms with Crippen molar-refractivity contribution in [3.8, 4) is 45.9 Å². The van der Waals surface area contributed by atoms with E-state index in [0.29, 0.717) is 27.5 Å². The van der Waals surface area contributed by atoms with Gasteiger partial charge in [0.1, 0.15) is 25.4 Å². The van der Waals surface area contributed by atoms with Crippen molar-refractivity contribution in [2.75, 3.05) is 35.2 Å². The Kier molecular flexibility index (Phi) is 14.4. The number of fused-ring (bicyclic) bond motifs is 2. The van der Waals surface area contributed by atoms with Crippen LogP contribution < -0.4 is 18.9 Å². The van der Waals surface area contributed by atoms with Crippen LogP contribution in [-0.4, -0.2) is 92.8 Å². The summed E-state index contributed by atoms with van der Waals surface area (Å²) in [6, 6.07) is 21.6. The summed E-state index contributed by atoms with van der Waals surface area (Å²) in [5.41, 5.74) is 5.13. The van der Waals surface area contributed by atoms with Crippen molar-refractivity contribution in [1.82, 2.24) is 39.5 Å². The van der Waals surface area contributed by atoms with Gasteiger partial charge < -0.3 is 9.47 Å². The Balaban J connectivity index is 0.896. The second-order valence-corrected chi connectivity index (χ2v) is 22.3. The Hall–Kier alpha value is -6.78. The van der Waals surface area contributed by atoms with Crippen molar-refractivity contribution < 1.29 is 26.3 Å². The summed E-state index contributed by atoms with van der Waals surface area (Å²) in [4.78, 5) is 16.8. The summed E-state index contributed by atoms with van der Waals surface area (Å²) >= 11 is 26.9. The molecule has 3 atom stereocenters. The van der Waals surface area contributed by atoms with Gasteiger partial charge >= 0.3 is 0 Å². The Morgan fingerprint density at radius 1 is 0.676 bits per heavy atom. The van der Waals surface area contributed by atoms with E-state index < -0.39 is 36.3 Å². The standard InChI is InChI=1S/C47H40Cl4N12O6S2/c1-26(62-22-34(20-56-62)28-6-7-29-18-54-46(59-42(29)14-28)61-71(5,66)67)30-11-31(16-52)43(37(48)13-30)68-24-39(50)40(51)25-69-44-32(17-53)12-36(15-38(44)49)47(2,3)63-23-35(21-57-63)27-8-9-41-33(10-27)19-55-45(58-41)60-70(4,64)65/h6-15,18-23,26,39-40H,24-25H2,1-5H3,(H,54,59,61)(H,55,58,60). The maximum atomic E-state index is 11.7. The minimum absolute atomic E-state index is 0.0243. The first-order valence-corrected chi connectivity index (χ1v) is 26.6. The molecule has 0 aliphatic heterocycles. The first kappa shape index (κ1) is 50.6. The number of anilines is 2. The number of hydrogen-bond acceptors (Lipinski definition) is 14. The van der Waals surface area contributed by atoms with Gasteiger partial charge in [0, 0.05) is 46.7 Å². The fourth-order valence-corrected chi connectivity index (χ4v) is 9.09. The van der Waals surface area contributed by atoms with Crippen molar-refractivity contribution in [2.24, 2.45) is 0 Å². The quantitative estimate of drug-likeness (QED) is 0.0808. The van der Waals surface area contributed by atoms with Crippen LogP contribution in [0.25, 0.3) is 44.1 Å². The van der Waals surface area contributed by atoms with Gasteiger partial charge in [0.25, 0.3) is 0 Å². The number of ether oxygens (including phenoxy) is 2. The van der Waals surface area contributed by atoms with Crippen LogP contribution in [0, 0.1) is 22.7 Å². The molecule has 0 fully saturated rings. The number of benzene rings is 4. The highest BCUT2D eigenvalue weighted by molar-refractivity contribution is 7.92. The summed E-state index contributed by atoms with van der Waals surface area (Å²) in [7, 11) is -7.10. The van der Waals surface area contributed by atoms with Gasteiger partial charge in [-0.3, -0.25) is 18.8 Å². The highest BCUT2D eigenvalue weighted by Crippen LogP contribution is 2.38. The molecule has 4 heterocycles. The third-order valence-corrected chi connectivity index (χ3v) is 13.9. The first-order valence-electron chi connectivity index (χ1n) is 21.2. The molecule has 24 heteroatoms. The summed E-state index contributed by atoms with van der Waals surface area (Å²) in [5, 5.41) is 29.6. The molecule has 0 aliphatic rings. The summed E-state index contributed by atoms with van der Waals surface area (Å²) in [5.74, 6) is 0.174. The topological polar surface area (TPSA) is 246 Å². The Bertz CT molecular complexity index is 3690. The fourth-order valence-electron chi connectivity index (χ4n) is 7.40. The summed E-state index contributed by atoms with van der Waals surface area (Å²) in [6.07, 6.45) is 12.2. The molecule has 3 unspecified atom stereocenters. The molecular formula is C47H40Cl4N12O6S2. The lowest BCUT2D eigenvalue weighted by atomic mass is 9.92. The van der Waals surface area contributed by atoms with Crippen molar-refractivity contribution >= 4 is 100 Å². The first-order chi connectivity index (χ1) is 33.6. The number of alkyl halides is 2. The lowest BCUT2D eigenvalue weighted by Crippen LogP contribution is -2.29. The molecule has 0 aliphatic carbocycles. The molecule has 71 heavy (non-hydrogen) atoms. The van der Waals surface area contributed by atoms with E-state index in [4.69, 9.17) is 55.9 Å². The van der Waals surface area contributed by atoms with E-state index in [-0.39, 0.29) is 63.8 Å². The maximum absolute atomic E-state index is 11.7. The van der Waals surface area contributed by atoms with Gasteiger partial charge in [-0.25, -0.2) is 36.8 Å². The number of hydrogen-bond donors (Lipinski definition) is 2. The fraction of sp³-hybridized carbons (Fsp3) is 0.234. The van der Waals surface area contributed by atoms with Crippen LogP contribution in [-0.2, 0) is 25.6 Å². The van der Waals surface area contributed by atoms with E-state index in [1.54, 1.807) is 58.2 Å². The van der Waals surface area contributed by atoms with Gasteiger partial charge in [0.15, 0.2) is 11.5 Å². The second-order valence-electron chi connectivity index (χ2n) is 16.9. The van der Waals surface area contributed by atoms with E-state index in [0.717, 1.165) is 40.2 Å².